The number of carboxylic acid groups (broad SMARTS) is 4. The molecule has 0 atom stereocenters. The molecule has 0 aliphatic rings. The fourth-order valence-corrected chi connectivity index (χ4v) is 3.92. The van der Waals surface area contributed by atoms with E-state index in [2.05, 4.69) is 42.6 Å². The summed E-state index contributed by atoms with van der Waals surface area (Å²) >= 11 is 10.6. The first-order chi connectivity index (χ1) is 28.3. The number of aromatic carboxylic acids is 4. The number of benzene rings is 4. The minimum Gasteiger partial charge on any atom is -0.870 e. The average molecular weight is 1010 g/mol. The molecule has 0 amide bonds. The smallest absolute Gasteiger partial charge is 0.335 e. The fraction of sp³-hybridized carbons (Fsp3) is 0.243. The maximum atomic E-state index is 11.3. The summed E-state index contributed by atoms with van der Waals surface area (Å²) in [6.45, 7) is -0.836. The van der Waals surface area contributed by atoms with Crippen molar-refractivity contribution in [3.8, 4) is 57.5 Å². The zero-order chi connectivity index (χ0) is 47.4. The fourth-order valence-electron chi connectivity index (χ4n) is 3.92. The van der Waals surface area contributed by atoms with Crippen LogP contribution in [0.25, 0.3) is 0 Å². The van der Waals surface area contributed by atoms with Gasteiger partial charge >= 0.3 is 17.9 Å². The van der Waals surface area contributed by atoms with Gasteiger partial charge in [-0.2, -0.15) is 78.4 Å². The molecule has 4 aromatic rings. The number of hydrogen-bond acceptors (Lipinski definition) is 20. The summed E-state index contributed by atoms with van der Waals surface area (Å²) in [4.78, 5) is 42.0. The Kier molecular flexibility index (Phi) is 41.2. The molecule has 0 aromatic heterocycles. The van der Waals surface area contributed by atoms with Crippen LogP contribution in [0.1, 0.15) is 52.6 Å². The van der Waals surface area contributed by atoms with Crippen LogP contribution in [0.5, 0.6) is 57.5 Å². The third-order valence-electron chi connectivity index (χ3n) is 6.53. The lowest BCUT2D eigenvalue weighted by atomic mass is 10.1. The van der Waals surface area contributed by atoms with E-state index in [0.717, 1.165) is 36.4 Å². The molecule has 8 N–H and O–H groups in total. The molecule has 20 nitrogen and oxygen atoms in total. The lowest BCUT2D eigenvalue weighted by Crippen LogP contribution is -2.22. The minimum atomic E-state index is -1.33. The van der Waals surface area contributed by atoms with Gasteiger partial charge in [0, 0.05) is 11.1 Å². The van der Waals surface area contributed by atoms with Crippen molar-refractivity contribution in [1.29, 1.82) is 0 Å². The van der Waals surface area contributed by atoms with E-state index in [1.807, 2.05) is 0 Å². The van der Waals surface area contributed by atoms with Gasteiger partial charge in [0.15, 0.2) is 11.5 Å². The monoisotopic (exact) mass is 1010 g/mol. The number of thiol groups is 3. The van der Waals surface area contributed by atoms with Gasteiger partial charge in [-0.05, 0) is 84.4 Å². The van der Waals surface area contributed by atoms with Crippen molar-refractivity contribution in [2.24, 2.45) is 0 Å². The molecule has 0 heterocycles. The highest BCUT2D eigenvalue weighted by Crippen LogP contribution is 2.35. The van der Waals surface area contributed by atoms with Gasteiger partial charge in [-0.25, -0.2) is 14.4 Å². The molecule has 63 heavy (non-hydrogen) atoms. The Balaban J connectivity index is -0.000000163. The normalized spacial score (nSPS) is 8.63. The van der Waals surface area contributed by atoms with Crippen LogP contribution in [0.3, 0.4) is 0 Å². The molecule has 0 radical (unpaired) electrons. The number of carbonyl (C=O) groups is 4. The molecule has 0 aliphatic heterocycles. The Morgan fingerprint density at radius 1 is 0.476 bits per heavy atom. The van der Waals surface area contributed by atoms with E-state index in [1.165, 1.54) is 40.6 Å². The number of hydrogen-bond donors (Lipinski definition) is 11. The van der Waals surface area contributed by atoms with Crippen molar-refractivity contribution in [2.45, 2.75) is 13.2 Å². The molecule has 0 bridgehead atoms. The predicted octanol–water partition coefficient (Wildman–Crippen LogP) is 1.54. The summed E-state index contributed by atoms with van der Waals surface area (Å²) in [5, 5.41) is 114. The van der Waals surface area contributed by atoms with Gasteiger partial charge in [0.05, 0.1) is 64.3 Å². The van der Waals surface area contributed by atoms with E-state index in [-0.39, 0.29) is 92.2 Å². The number of aromatic hydroxyl groups is 3. The summed E-state index contributed by atoms with van der Waals surface area (Å²) in [5.41, 5.74) is -0.293. The quantitative estimate of drug-likeness (QED) is 0.100. The standard InChI is InChI=1S/C10H12O5.C9H10O5.C8H8O5.C7H6O5.3CH4S.3H2S/c1-14-8-4-6(10(12)13)3-7(5-11)9(8)15-2;1-14-7-3-5(9(12)13)2-6(4-10)8(7)11;1-13-6-3-4(8(11)12)2-5(9)7(6)10;8-4-1-3(7(11)12)2-5(9)6(4)10;3*1-2;;;/h3-4,11H,5H2,1-2H3,(H,12,13);2-3,10-11H,4H2,1H3,(H,12,13);2-3,9-10H,1H3,(H,11,12);1-2,8-10H,(H,11,12);3*2H,1H3;3*1H2/p-4. The molecular formula is C37H50O20S6-4. The number of phenols is 3. The first-order valence-electron chi connectivity index (χ1n) is 15.7. The zero-order valence-corrected chi connectivity index (χ0v) is 40.0. The molecule has 4 aromatic carbocycles. The van der Waals surface area contributed by atoms with Crippen LogP contribution in [0.15, 0.2) is 48.5 Å². The third kappa shape index (κ3) is 22.6. The van der Waals surface area contributed by atoms with E-state index in [4.69, 9.17) is 55.1 Å². The summed E-state index contributed by atoms with van der Waals surface area (Å²) < 4.78 is 19.2. The number of carboxylic acids is 4. The Bertz CT molecular complexity index is 1930. The van der Waals surface area contributed by atoms with E-state index in [0.29, 0.717) is 11.3 Å². The van der Waals surface area contributed by atoms with E-state index in [9.17, 15) is 39.6 Å². The number of rotatable bonds is 10. The maximum absolute atomic E-state index is 11.3. The van der Waals surface area contributed by atoms with E-state index >= 15 is 0 Å². The van der Waals surface area contributed by atoms with Crippen molar-refractivity contribution >= 4 is 102 Å². The van der Waals surface area contributed by atoms with Gasteiger partial charge in [0.2, 0.25) is 0 Å². The number of phenolic OH excluding ortho intramolecular Hbond substituents is 3. The van der Waals surface area contributed by atoms with Crippen LogP contribution in [0.2, 0.25) is 0 Å². The van der Waals surface area contributed by atoms with Crippen LogP contribution in [-0.4, -0.2) is 112 Å². The highest BCUT2D eigenvalue weighted by molar-refractivity contribution is 7.79. The molecule has 4 rings (SSSR count). The molecular weight excluding hydrogens is 957 g/mol. The van der Waals surface area contributed by atoms with Crippen LogP contribution in [-0.2, 0) is 13.2 Å². The zero-order valence-electron chi connectivity index (χ0n) is 34.4. The number of methoxy groups -OCH3 is 4. The second-order valence-electron chi connectivity index (χ2n) is 9.93. The number of aliphatic hydroxyl groups excluding tert-OH is 2. The van der Waals surface area contributed by atoms with E-state index < -0.39 is 65.0 Å². The molecule has 26 heteroatoms. The van der Waals surface area contributed by atoms with Gasteiger partial charge in [-0.15, -0.1) is 0 Å². The van der Waals surface area contributed by atoms with Crippen molar-refractivity contribution in [1.82, 2.24) is 0 Å². The largest absolute Gasteiger partial charge is 0.870 e. The molecule has 0 fully saturated rings. The second-order valence-corrected chi connectivity index (χ2v) is 9.93. The van der Waals surface area contributed by atoms with Gasteiger partial charge in [-0.1, -0.05) is 5.75 Å². The van der Waals surface area contributed by atoms with Crippen molar-refractivity contribution in [3.05, 3.63) is 81.9 Å². The Morgan fingerprint density at radius 2 is 0.778 bits per heavy atom. The van der Waals surface area contributed by atoms with Crippen molar-refractivity contribution in [3.63, 3.8) is 0 Å². The van der Waals surface area contributed by atoms with Gasteiger partial charge in [0.25, 0.3) is 0 Å². The SMILES string of the molecule is COc1cc(C(=O)O)cc(CO)c1[O-].COc1cc(C(=O)O)cc(O)c1[O-].COc1cc(C(=O)[O-])cc(CO)c1OC.CS.CS.CS.O=C(O)c1cc(O)c([O-])c(O)c1.S.S.S. The Morgan fingerprint density at radius 3 is 1.10 bits per heavy atom. The van der Waals surface area contributed by atoms with Crippen LogP contribution < -0.4 is 39.4 Å². The lowest BCUT2D eigenvalue weighted by Gasteiger charge is -2.17. The molecule has 0 unspecified atom stereocenters. The van der Waals surface area contributed by atoms with Crippen molar-refractivity contribution < 1.29 is 99.4 Å². The summed E-state index contributed by atoms with van der Waals surface area (Å²) in [6, 6.07) is 8.34. The molecule has 0 spiro atoms. The summed E-state index contributed by atoms with van der Waals surface area (Å²) in [7, 11) is 5.29. The molecule has 0 saturated heterocycles. The third-order valence-corrected chi connectivity index (χ3v) is 6.53. The summed E-state index contributed by atoms with van der Waals surface area (Å²) in [6.07, 6.45) is 5.08. The Labute approximate surface area is 399 Å². The van der Waals surface area contributed by atoms with Gasteiger partial charge in [-0.3, -0.25) is 0 Å². The highest BCUT2D eigenvalue weighted by atomic mass is 32.1. The average Bonchev–Trinajstić information content (AvgIpc) is 3.25. The molecule has 358 valence electrons. The van der Waals surface area contributed by atoms with Crippen LogP contribution >= 0.6 is 78.4 Å². The topological polar surface area (TPSA) is 359 Å². The molecule has 0 saturated carbocycles. The number of carbonyl (C=O) groups excluding carboxylic acids is 1. The van der Waals surface area contributed by atoms with Gasteiger partial charge < -0.3 is 85.0 Å². The summed E-state index contributed by atoms with van der Waals surface area (Å²) in [5.74, 6) is -9.07. The molecule has 0 aliphatic carbocycles. The lowest BCUT2D eigenvalue weighted by molar-refractivity contribution is -0.272. The Hall–Kier alpha value is -5.22. The number of aliphatic hydroxyl groups is 2. The first kappa shape index (κ1) is 69.5. The van der Waals surface area contributed by atoms with E-state index in [1.54, 1.807) is 18.8 Å². The highest BCUT2D eigenvalue weighted by Gasteiger charge is 2.13. The van der Waals surface area contributed by atoms with Crippen molar-refractivity contribution in [2.75, 3.05) is 47.2 Å². The number of ether oxygens (including phenoxy) is 4. The first-order valence-corrected chi connectivity index (χ1v) is 18.4. The van der Waals surface area contributed by atoms with Gasteiger partial charge in [0.1, 0.15) is 28.7 Å². The van der Waals surface area contributed by atoms with Crippen LogP contribution in [0, 0.1) is 0 Å². The second kappa shape index (κ2) is 37.3. The maximum Gasteiger partial charge on any atom is 0.335 e. The predicted molar refractivity (Wildman–Crippen MR) is 248 cm³/mol. The van der Waals surface area contributed by atoms with Crippen LogP contribution in [0.4, 0.5) is 0 Å². The minimum absolute atomic E-state index is 0.